The predicted molar refractivity (Wildman–Crippen MR) is 134 cm³/mol. The van der Waals surface area contributed by atoms with E-state index >= 15 is 0 Å². The number of nitrogens with one attached hydrogen (secondary N) is 2. The Kier molecular flexibility index (Phi) is 12.4. The van der Waals surface area contributed by atoms with Crippen molar-refractivity contribution in [2.24, 2.45) is 0 Å². The fraction of sp³-hybridized carbons (Fsp3) is 0.458. The standard InChI is InChI=1S/C24H31FN6O9/c25-12-3-4-16-14-30(29-28-16)17-8-6-15(7-9-17)21(34)26-13-2-1-5-19(23(37)38)31(40)24(39)27-18(22(35)36)10-11-20(32)33/h6-9,14,18-19,40H,1-5,10-13H2,(H,26,34)(H,27,39)(H,32,33)(H,35,36)(H,37,38). The Bertz CT molecular complexity index is 1170. The molecule has 1 heterocycles. The normalized spacial score (nSPS) is 12.2. The summed E-state index contributed by atoms with van der Waals surface area (Å²) < 4.78 is 13.8. The number of nitrogens with zero attached hydrogens (tertiary/aromatic N) is 4. The molecule has 0 fully saturated rings. The number of carbonyl (C=O) groups excluding carboxylic acids is 2. The second-order valence-corrected chi connectivity index (χ2v) is 8.72. The highest BCUT2D eigenvalue weighted by molar-refractivity contribution is 5.94. The fourth-order valence-corrected chi connectivity index (χ4v) is 3.55. The molecule has 16 heteroatoms. The van der Waals surface area contributed by atoms with Gasteiger partial charge in [-0.1, -0.05) is 5.21 Å². The number of carboxylic acids is 3. The number of aryl methyl sites for hydroxylation is 1. The fourth-order valence-electron chi connectivity index (χ4n) is 3.55. The Hall–Kier alpha value is -4.60. The van der Waals surface area contributed by atoms with Crippen LogP contribution < -0.4 is 10.6 Å². The topological polar surface area (TPSA) is 224 Å². The number of unbranched alkanes of at least 4 members (excludes halogenated alkanes) is 1. The molecular formula is C24H31FN6O9. The summed E-state index contributed by atoms with van der Waals surface area (Å²) in [5, 5.41) is 49.6. The molecule has 3 amide bonds. The van der Waals surface area contributed by atoms with Crippen LogP contribution in [0, 0.1) is 0 Å². The van der Waals surface area contributed by atoms with Crippen molar-refractivity contribution in [2.75, 3.05) is 13.2 Å². The van der Waals surface area contributed by atoms with Gasteiger partial charge in [0.25, 0.3) is 5.91 Å². The summed E-state index contributed by atoms with van der Waals surface area (Å²) in [6.07, 6.45) is 1.75. The molecule has 0 spiro atoms. The van der Waals surface area contributed by atoms with Crippen molar-refractivity contribution < 1.29 is 48.9 Å². The second kappa shape index (κ2) is 15.7. The van der Waals surface area contributed by atoms with E-state index in [1.165, 1.54) is 4.68 Å². The maximum absolute atomic E-state index is 12.4. The van der Waals surface area contributed by atoms with Crippen LogP contribution in [0.4, 0.5) is 9.18 Å². The molecule has 1 aromatic heterocycles. The number of urea groups is 1. The molecule has 0 aliphatic carbocycles. The van der Waals surface area contributed by atoms with Crippen LogP contribution in [0.1, 0.15) is 54.6 Å². The lowest BCUT2D eigenvalue weighted by molar-refractivity contribution is -0.157. The van der Waals surface area contributed by atoms with Crippen LogP contribution in [0.2, 0.25) is 0 Å². The molecule has 0 aliphatic rings. The van der Waals surface area contributed by atoms with Crippen LogP contribution in [0.25, 0.3) is 5.69 Å². The number of halogens is 1. The van der Waals surface area contributed by atoms with Crippen LogP contribution in [0.3, 0.4) is 0 Å². The maximum atomic E-state index is 12.4. The van der Waals surface area contributed by atoms with Gasteiger partial charge >= 0.3 is 23.9 Å². The summed E-state index contributed by atoms with van der Waals surface area (Å²) in [5.41, 5.74) is 1.66. The largest absolute Gasteiger partial charge is 0.481 e. The minimum Gasteiger partial charge on any atom is -0.481 e. The number of hydroxylamine groups is 2. The number of aromatic nitrogens is 3. The zero-order valence-corrected chi connectivity index (χ0v) is 21.4. The quantitative estimate of drug-likeness (QED) is 0.0907. The van der Waals surface area contributed by atoms with Crippen molar-refractivity contribution in [3.8, 4) is 5.69 Å². The summed E-state index contributed by atoms with van der Waals surface area (Å²) in [4.78, 5) is 58.0. The summed E-state index contributed by atoms with van der Waals surface area (Å²) in [6.45, 7) is -0.276. The highest BCUT2D eigenvalue weighted by Crippen LogP contribution is 2.12. The van der Waals surface area contributed by atoms with Gasteiger partial charge < -0.3 is 26.0 Å². The van der Waals surface area contributed by atoms with E-state index in [0.717, 1.165) is 0 Å². The molecule has 0 aliphatic heterocycles. The number of amides is 3. The molecule has 2 aromatic rings. The molecular weight excluding hydrogens is 535 g/mol. The van der Waals surface area contributed by atoms with Gasteiger partial charge in [0.1, 0.15) is 6.04 Å². The smallest absolute Gasteiger partial charge is 0.342 e. The van der Waals surface area contributed by atoms with Gasteiger partial charge in [0.05, 0.1) is 24.3 Å². The molecule has 2 rings (SSSR count). The SMILES string of the molecule is O=C(O)CCC(NC(=O)N(O)C(CCCCNC(=O)c1ccc(-n2cc(CCCF)nn2)cc1)C(=O)O)C(=O)O. The summed E-state index contributed by atoms with van der Waals surface area (Å²) in [5.74, 6) is -4.76. The third-order valence-corrected chi connectivity index (χ3v) is 5.72. The second-order valence-electron chi connectivity index (χ2n) is 8.72. The highest BCUT2D eigenvalue weighted by atomic mass is 19.1. The molecule has 0 bridgehead atoms. The van der Waals surface area contributed by atoms with Crippen LogP contribution in [0.5, 0.6) is 0 Å². The number of rotatable bonds is 17. The van der Waals surface area contributed by atoms with E-state index in [-0.39, 0.29) is 30.4 Å². The zero-order valence-electron chi connectivity index (χ0n) is 21.4. The molecule has 1 aromatic carbocycles. The first-order valence-corrected chi connectivity index (χ1v) is 12.3. The van der Waals surface area contributed by atoms with Crippen molar-refractivity contribution in [1.29, 1.82) is 0 Å². The first-order valence-electron chi connectivity index (χ1n) is 12.3. The van der Waals surface area contributed by atoms with Crippen molar-refractivity contribution in [1.82, 2.24) is 30.7 Å². The monoisotopic (exact) mass is 566 g/mol. The summed E-state index contributed by atoms with van der Waals surface area (Å²) in [7, 11) is 0. The van der Waals surface area contributed by atoms with Gasteiger partial charge in [-0.15, -0.1) is 5.10 Å². The van der Waals surface area contributed by atoms with Crippen molar-refractivity contribution >= 4 is 29.8 Å². The molecule has 6 N–H and O–H groups in total. The molecule has 40 heavy (non-hydrogen) atoms. The van der Waals surface area contributed by atoms with Gasteiger partial charge in [-0.05, 0) is 62.8 Å². The Morgan fingerprint density at radius 1 is 0.975 bits per heavy atom. The average Bonchev–Trinajstić information content (AvgIpc) is 3.39. The average molecular weight is 567 g/mol. The number of carbonyl (C=O) groups is 5. The third kappa shape index (κ3) is 9.94. The van der Waals surface area contributed by atoms with Gasteiger partial charge in [0, 0.05) is 18.5 Å². The van der Waals surface area contributed by atoms with Gasteiger partial charge in [-0.2, -0.15) is 5.06 Å². The molecule has 2 unspecified atom stereocenters. The number of hydrogen-bond donors (Lipinski definition) is 6. The van der Waals surface area contributed by atoms with E-state index in [2.05, 4.69) is 15.6 Å². The van der Waals surface area contributed by atoms with Crippen molar-refractivity contribution in [2.45, 2.75) is 57.0 Å². The zero-order chi connectivity index (χ0) is 29.7. The van der Waals surface area contributed by atoms with E-state index in [1.54, 1.807) is 30.5 Å². The van der Waals surface area contributed by atoms with Crippen LogP contribution in [-0.2, 0) is 20.8 Å². The maximum Gasteiger partial charge on any atom is 0.342 e. The van der Waals surface area contributed by atoms with E-state index in [0.29, 0.717) is 36.2 Å². The minimum absolute atomic E-state index is 0.141. The summed E-state index contributed by atoms with van der Waals surface area (Å²) in [6, 6.07) is 1.75. The van der Waals surface area contributed by atoms with Crippen LogP contribution in [-0.4, -0.2) is 95.7 Å². The molecule has 218 valence electrons. The number of aliphatic carboxylic acids is 3. The predicted octanol–water partition coefficient (Wildman–Crippen LogP) is 1.24. The number of benzene rings is 1. The lowest BCUT2D eigenvalue weighted by Gasteiger charge is -2.24. The molecule has 0 radical (unpaired) electrons. The first-order chi connectivity index (χ1) is 19.0. The molecule has 0 saturated heterocycles. The Balaban J connectivity index is 1.80. The lowest BCUT2D eigenvalue weighted by atomic mass is 10.1. The van der Waals surface area contributed by atoms with E-state index in [1.807, 2.05) is 5.32 Å². The van der Waals surface area contributed by atoms with Gasteiger partial charge in [0.15, 0.2) is 6.04 Å². The Labute approximate surface area is 227 Å². The molecule has 0 saturated carbocycles. The number of carboxylic acid groups (broad SMARTS) is 3. The highest BCUT2D eigenvalue weighted by Gasteiger charge is 2.31. The van der Waals surface area contributed by atoms with Gasteiger partial charge in [-0.3, -0.25) is 19.2 Å². The molecule has 15 nitrogen and oxygen atoms in total. The van der Waals surface area contributed by atoms with Gasteiger partial charge in [0.2, 0.25) is 0 Å². The van der Waals surface area contributed by atoms with Crippen molar-refractivity contribution in [3.05, 3.63) is 41.7 Å². The third-order valence-electron chi connectivity index (χ3n) is 5.72. The minimum atomic E-state index is -1.70. The number of hydrogen-bond acceptors (Lipinski definition) is 8. The first kappa shape index (κ1) is 31.6. The van der Waals surface area contributed by atoms with Crippen LogP contribution in [0.15, 0.2) is 30.5 Å². The molecule has 2 atom stereocenters. The van der Waals surface area contributed by atoms with Gasteiger partial charge in [-0.25, -0.2) is 19.1 Å². The van der Waals surface area contributed by atoms with Crippen molar-refractivity contribution in [3.63, 3.8) is 0 Å². The lowest BCUT2D eigenvalue weighted by Crippen LogP contribution is -2.52. The van der Waals surface area contributed by atoms with Crippen LogP contribution >= 0.6 is 0 Å². The van der Waals surface area contributed by atoms with E-state index in [4.69, 9.17) is 10.2 Å². The van der Waals surface area contributed by atoms with E-state index < -0.39 is 55.5 Å². The van der Waals surface area contributed by atoms with E-state index in [9.17, 15) is 38.7 Å². The Morgan fingerprint density at radius 3 is 2.27 bits per heavy atom. The number of alkyl halides is 1. The summed E-state index contributed by atoms with van der Waals surface area (Å²) >= 11 is 0. The Morgan fingerprint density at radius 2 is 1.68 bits per heavy atom.